The van der Waals surface area contributed by atoms with Crippen LogP contribution in [0, 0.1) is 0 Å². The number of hydrogen-bond donors (Lipinski definition) is 1. The quantitative estimate of drug-likeness (QED) is 0.805. The van der Waals surface area contributed by atoms with Crippen molar-refractivity contribution >= 4 is 15.9 Å². The van der Waals surface area contributed by atoms with Crippen molar-refractivity contribution in [1.82, 2.24) is 4.98 Å². The summed E-state index contributed by atoms with van der Waals surface area (Å²) in [7, 11) is 0. The molecule has 0 radical (unpaired) electrons. The molecule has 0 fully saturated rings. The van der Waals surface area contributed by atoms with Gasteiger partial charge in [0, 0.05) is 16.9 Å². The van der Waals surface area contributed by atoms with Crippen LogP contribution in [0.2, 0.25) is 0 Å². The predicted octanol–water partition coefficient (Wildman–Crippen LogP) is 4.28. The zero-order valence-electron chi connectivity index (χ0n) is 10.8. The summed E-state index contributed by atoms with van der Waals surface area (Å²) in [4.78, 5) is 3.57. The van der Waals surface area contributed by atoms with Gasteiger partial charge in [-0.05, 0) is 35.4 Å². The van der Waals surface area contributed by atoms with Crippen molar-refractivity contribution < 1.29 is 27.1 Å². The van der Waals surface area contributed by atoms with Crippen LogP contribution in [0.5, 0.6) is 0 Å². The molecule has 22 heavy (non-hydrogen) atoms. The van der Waals surface area contributed by atoms with Crippen LogP contribution in [-0.2, 0) is 5.60 Å². The van der Waals surface area contributed by atoms with E-state index in [4.69, 9.17) is 0 Å². The van der Waals surface area contributed by atoms with Crippen LogP contribution in [-0.4, -0.2) is 22.2 Å². The molecule has 2 nitrogen and oxygen atoms in total. The number of aromatic nitrogens is 1. The van der Waals surface area contributed by atoms with E-state index >= 15 is 0 Å². The summed E-state index contributed by atoms with van der Waals surface area (Å²) in [5.74, 6) is -5.39. The lowest BCUT2D eigenvalue weighted by Gasteiger charge is -2.37. The first-order valence-corrected chi connectivity index (χ1v) is 6.73. The number of pyridine rings is 1. The molecule has 0 saturated heterocycles. The van der Waals surface area contributed by atoms with Crippen molar-refractivity contribution in [2.24, 2.45) is 0 Å². The number of halogens is 6. The van der Waals surface area contributed by atoms with Gasteiger partial charge in [-0.3, -0.25) is 4.98 Å². The van der Waals surface area contributed by atoms with E-state index in [1.54, 1.807) is 0 Å². The predicted molar refractivity (Wildman–Crippen MR) is 72.4 cm³/mol. The van der Waals surface area contributed by atoms with Gasteiger partial charge in [0.05, 0.1) is 0 Å². The molecule has 118 valence electrons. The molecule has 2 rings (SSSR count). The lowest BCUT2D eigenvalue weighted by Crippen LogP contribution is -2.55. The molecular weight excluding hydrogens is 373 g/mol. The fourth-order valence-corrected chi connectivity index (χ4v) is 2.28. The minimum atomic E-state index is -5.93. The van der Waals surface area contributed by atoms with E-state index in [0.717, 1.165) is 36.7 Å². The summed E-state index contributed by atoms with van der Waals surface area (Å²) in [6.07, 6.45) is -3.87. The SMILES string of the molecule is OC(c1ccncc1)(c1ccc(Br)cc1)C(F)(F)C(F)(F)F. The zero-order chi connectivity index (χ0) is 16.6. The van der Waals surface area contributed by atoms with Gasteiger partial charge >= 0.3 is 12.1 Å². The van der Waals surface area contributed by atoms with Gasteiger partial charge in [-0.15, -0.1) is 0 Å². The van der Waals surface area contributed by atoms with E-state index in [1.165, 1.54) is 12.1 Å². The number of benzene rings is 1. The maximum absolute atomic E-state index is 14.0. The second kappa shape index (κ2) is 5.58. The van der Waals surface area contributed by atoms with E-state index in [-0.39, 0.29) is 0 Å². The summed E-state index contributed by atoms with van der Waals surface area (Å²) in [6.45, 7) is 0. The van der Waals surface area contributed by atoms with Crippen LogP contribution in [0.1, 0.15) is 11.1 Å². The molecule has 0 aliphatic carbocycles. The Morgan fingerprint density at radius 3 is 1.73 bits per heavy atom. The maximum atomic E-state index is 14.0. The van der Waals surface area contributed by atoms with Gasteiger partial charge in [-0.1, -0.05) is 28.1 Å². The van der Waals surface area contributed by atoms with Gasteiger partial charge in [-0.25, -0.2) is 0 Å². The fourth-order valence-electron chi connectivity index (χ4n) is 2.02. The molecule has 1 unspecified atom stereocenters. The first kappa shape index (κ1) is 16.8. The Balaban J connectivity index is 2.73. The molecule has 2 aromatic rings. The highest BCUT2D eigenvalue weighted by molar-refractivity contribution is 9.10. The number of hydrogen-bond acceptors (Lipinski definition) is 2. The van der Waals surface area contributed by atoms with Crippen molar-refractivity contribution in [3.63, 3.8) is 0 Å². The van der Waals surface area contributed by atoms with E-state index in [1.807, 2.05) is 0 Å². The van der Waals surface area contributed by atoms with Gasteiger partial charge in [-0.2, -0.15) is 22.0 Å². The van der Waals surface area contributed by atoms with Crippen LogP contribution >= 0.6 is 15.9 Å². The van der Waals surface area contributed by atoms with Crippen LogP contribution < -0.4 is 0 Å². The molecule has 0 spiro atoms. The average Bonchev–Trinajstić information content (AvgIpc) is 2.46. The van der Waals surface area contributed by atoms with Gasteiger partial charge in [0.1, 0.15) is 0 Å². The second-order valence-electron chi connectivity index (χ2n) is 4.53. The van der Waals surface area contributed by atoms with Crippen LogP contribution in [0.25, 0.3) is 0 Å². The molecule has 0 bridgehead atoms. The normalized spacial score (nSPS) is 15.4. The van der Waals surface area contributed by atoms with E-state index < -0.39 is 28.8 Å². The van der Waals surface area contributed by atoms with Crippen LogP contribution in [0.15, 0.2) is 53.3 Å². The molecule has 0 saturated carbocycles. The van der Waals surface area contributed by atoms with Crippen molar-refractivity contribution in [2.75, 3.05) is 0 Å². The first-order chi connectivity index (χ1) is 10.1. The van der Waals surface area contributed by atoms with Crippen LogP contribution in [0.4, 0.5) is 22.0 Å². The highest BCUT2D eigenvalue weighted by Crippen LogP contribution is 2.51. The molecule has 0 amide bonds. The molecule has 0 aliphatic rings. The lowest BCUT2D eigenvalue weighted by atomic mass is 9.81. The Hall–Kier alpha value is -1.54. The third-order valence-electron chi connectivity index (χ3n) is 3.17. The zero-order valence-corrected chi connectivity index (χ0v) is 12.4. The van der Waals surface area contributed by atoms with Gasteiger partial charge in [0.25, 0.3) is 0 Å². The largest absolute Gasteiger partial charge is 0.457 e. The molecule has 1 N–H and O–H groups in total. The maximum Gasteiger partial charge on any atom is 0.457 e. The minimum absolute atomic E-state index is 0.476. The standard InChI is InChI=1S/C14H9BrF5NO/c15-11-3-1-9(2-4-11)12(22,10-5-7-21-8-6-10)13(16,17)14(18,19)20/h1-8,22H. The number of rotatable bonds is 3. The van der Waals surface area contributed by atoms with Gasteiger partial charge in [0.2, 0.25) is 0 Å². The van der Waals surface area contributed by atoms with E-state index in [2.05, 4.69) is 20.9 Å². The number of alkyl halides is 5. The molecule has 8 heteroatoms. The van der Waals surface area contributed by atoms with Crippen molar-refractivity contribution in [3.05, 3.63) is 64.4 Å². The summed E-state index contributed by atoms with van der Waals surface area (Å²) < 4.78 is 67.1. The van der Waals surface area contributed by atoms with Crippen molar-refractivity contribution in [3.8, 4) is 0 Å². The summed E-state index contributed by atoms with van der Waals surface area (Å²) in [6, 6.07) is 6.39. The Bertz CT molecular complexity index is 645. The Morgan fingerprint density at radius 1 is 0.818 bits per heavy atom. The molecule has 0 aliphatic heterocycles. The molecule has 1 aromatic carbocycles. The van der Waals surface area contributed by atoms with Gasteiger partial charge in [0.15, 0.2) is 5.60 Å². The smallest absolute Gasteiger partial charge is 0.374 e. The Morgan fingerprint density at radius 2 is 1.27 bits per heavy atom. The van der Waals surface area contributed by atoms with Gasteiger partial charge < -0.3 is 5.11 Å². The third kappa shape index (κ3) is 2.61. The topological polar surface area (TPSA) is 33.1 Å². The third-order valence-corrected chi connectivity index (χ3v) is 3.70. The van der Waals surface area contributed by atoms with Crippen molar-refractivity contribution in [2.45, 2.75) is 17.7 Å². The van der Waals surface area contributed by atoms with E-state index in [9.17, 15) is 27.1 Å². The fraction of sp³-hybridized carbons (Fsp3) is 0.214. The molecule has 1 atom stereocenters. The van der Waals surface area contributed by atoms with Crippen molar-refractivity contribution in [1.29, 1.82) is 0 Å². The number of nitrogens with zero attached hydrogens (tertiary/aromatic N) is 1. The van der Waals surface area contributed by atoms with Crippen LogP contribution in [0.3, 0.4) is 0 Å². The average molecular weight is 382 g/mol. The first-order valence-electron chi connectivity index (χ1n) is 5.94. The van der Waals surface area contributed by atoms with E-state index in [0.29, 0.717) is 4.47 Å². The molecule has 1 aromatic heterocycles. The summed E-state index contributed by atoms with van der Waals surface area (Å²) in [5, 5.41) is 10.4. The molecule has 1 heterocycles. The highest BCUT2D eigenvalue weighted by Gasteiger charge is 2.71. The monoisotopic (exact) mass is 381 g/mol. The summed E-state index contributed by atoms with van der Waals surface area (Å²) in [5.41, 5.74) is -4.74. The number of aliphatic hydroxyl groups is 1. The second-order valence-corrected chi connectivity index (χ2v) is 5.44. The minimum Gasteiger partial charge on any atom is -0.374 e. The summed E-state index contributed by atoms with van der Waals surface area (Å²) >= 11 is 3.06. The Labute approximate surface area is 130 Å². The highest BCUT2D eigenvalue weighted by atomic mass is 79.9. The lowest BCUT2D eigenvalue weighted by molar-refractivity contribution is -0.336. The Kier molecular flexibility index (Phi) is 4.27. The molecular formula is C14H9BrF5NO.